The summed E-state index contributed by atoms with van der Waals surface area (Å²) >= 11 is 0. The van der Waals surface area contributed by atoms with Gasteiger partial charge in [-0.3, -0.25) is 19.1 Å². The zero-order valence-corrected chi connectivity index (χ0v) is 20.3. The molecule has 1 atom stereocenters. The summed E-state index contributed by atoms with van der Waals surface area (Å²) in [4.78, 5) is 33.1. The van der Waals surface area contributed by atoms with Crippen LogP contribution in [-0.2, 0) is 11.3 Å². The van der Waals surface area contributed by atoms with E-state index in [4.69, 9.17) is 5.73 Å². The molecule has 1 unspecified atom stereocenters. The molecule has 2 aromatic rings. The minimum absolute atomic E-state index is 0.00164. The van der Waals surface area contributed by atoms with Crippen LogP contribution in [0.4, 0.5) is 36.2 Å². The summed E-state index contributed by atoms with van der Waals surface area (Å²) in [6, 6.07) is 0. The molecule has 0 saturated carbocycles. The van der Waals surface area contributed by atoms with E-state index < -0.39 is 24.1 Å². The summed E-state index contributed by atoms with van der Waals surface area (Å²) < 4.78 is 43.8. The minimum Gasteiger partial charge on any atom is -0.381 e. The summed E-state index contributed by atoms with van der Waals surface area (Å²) in [6.45, 7) is 1.21. The molecule has 3 aliphatic rings. The maximum absolute atomic E-state index is 15.0. The average molecular weight is 508 g/mol. The number of nitrogens with two attached hydrogens (primary N) is 1. The number of alkyl halides is 2. The fraction of sp³-hybridized carbons (Fsp3) is 0.565. The van der Waals surface area contributed by atoms with Crippen molar-refractivity contribution in [3.05, 3.63) is 23.8 Å². The van der Waals surface area contributed by atoms with Crippen molar-refractivity contribution in [1.29, 1.82) is 0 Å². The van der Waals surface area contributed by atoms with Crippen molar-refractivity contribution in [3.8, 4) is 0 Å². The number of aromatic nitrogens is 3. The van der Waals surface area contributed by atoms with Gasteiger partial charge in [0.05, 0.1) is 51.8 Å². The van der Waals surface area contributed by atoms with Gasteiger partial charge in [-0.25, -0.2) is 17.9 Å². The van der Waals surface area contributed by atoms with Crippen molar-refractivity contribution < 1.29 is 22.8 Å². The normalized spacial score (nSPS) is 22.2. The number of nitrogens with zero attached hydrogens (tertiary/aromatic N) is 6. The zero-order valence-electron chi connectivity index (χ0n) is 20.3. The quantitative estimate of drug-likeness (QED) is 0.608. The molecule has 2 amide bonds. The smallest absolute Gasteiger partial charge is 0.267 e. The number of likely N-dealkylation sites (tertiary alicyclic amines) is 1. The van der Waals surface area contributed by atoms with Gasteiger partial charge in [0.15, 0.2) is 23.4 Å². The summed E-state index contributed by atoms with van der Waals surface area (Å²) in [6.07, 6.45) is 1.32. The van der Waals surface area contributed by atoms with E-state index in [2.05, 4.69) is 15.4 Å². The number of amides is 2. The van der Waals surface area contributed by atoms with Gasteiger partial charge in [0, 0.05) is 19.0 Å². The van der Waals surface area contributed by atoms with Gasteiger partial charge < -0.3 is 20.9 Å². The van der Waals surface area contributed by atoms with Crippen molar-refractivity contribution >= 4 is 34.8 Å². The molecule has 0 spiro atoms. The van der Waals surface area contributed by atoms with Gasteiger partial charge in [0.2, 0.25) is 11.7 Å². The molecule has 2 aromatic heterocycles. The number of piperidine rings is 1. The molecule has 2 fully saturated rings. The number of anilines is 3. The third kappa shape index (κ3) is 4.25. The Morgan fingerprint density at radius 3 is 2.47 bits per heavy atom. The highest BCUT2D eigenvalue weighted by atomic mass is 19.1. The highest BCUT2D eigenvalue weighted by Crippen LogP contribution is 2.36. The number of rotatable bonds is 4. The number of pyridine rings is 1. The van der Waals surface area contributed by atoms with Crippen LogP contribution in [0.5, 0.6) is 0 Å². The van der Waals surface area contributed by atoms with Crippen LogP contribution in [0.25, 0.3) is 0 Å². The third-order valence-electron chi connectivity index (χ3n) is 7.21. The predicted molar refractivity (Wildman–Crippen MR) is 129 cm³/mol. The van der Waals surface area contributed by atoms with E-state index in [0.29, 0.717) is 31.7 Å². The van der Waals surface area contributed by atoms with Crippen LogP contribution in [0, 0.1) is 11.7 Å². The Morgan fingerprint density at radius 1 is 1.11 bits per heavy atom. The lowest BCUT2D eigenvalue weighted by Crippen LogP contribution is -2.54. The molecule has 5 rings (SSSR count). The van der Waals surface area contributed by atoms with Crippen LogP contribution in [0.2, 0.25) is 0 Å². The number of fused-ring (bicyclic) bond motifs is 1. The molecule has 36 heavy (non-hydrogen) atoms. The number of carbonyl (C=O) groups excluding carboxylic acids is 2. The summed E-state index contributed by atoms with van der Waals surface area (Å²) in [7, 11) is 3.54. The molecular weight excluding hydrogens is 477 g/mol. The molecule has 3 aliphatic heterocycles. The van der Waals surface area contributed by atoms with Gasteiger partial charge in [-0.05, 0) is 12.8 Å². The van der Waals surface area contributed by atoms with Crippen molar-refractivity contribution in [3.63, 3.8) is 0 Å². The van der Waals surface area contributed by atoms with E-state index in [1.54, 1.807) is 19.0 Å². The number of nitrogens with one attached hydrogen (secondary N) is 1. The van der Waals surface area contributed by atoms with Crippen molar-refractivity contribution in [2.75, 3.05) is 62.8 Å². The molecular formula is C23H30F3N8O2+. The molecule has 0 bridgehead atoms. The fourth-order valence-corrected chi connectivity index (χ4v) is 5.50. The Labute approximate surface area is 206 Å². The molecule has 194 valence electrons. The average Bonchev–Trinajstić information content (AvgIpc) is 3.13. The molecule has 3 N–H and O–H groups in total. The second-order valence-electron chi connectivity index (χ2n) is 10.3. The van der Waals surface area contributed by atoms with E-state index in [1.165, 1.54) is 15.8 Å². The van der Waals surface area contributed by atoms with Crippen molar-refractivity contribution in [2.45, 2.75) is 31.7 Å². The topological polar surface area (TPSA) is 109 Å². The van der Waals surface area contributed by atoms with Crippen LogP contribution in [0.15, 0.2) is 12.4 Å². The Bertz CT molecular complexity index is 1190. The fourth-order valence-electron chi connectivity index (χ4n) is 5.50. The first kappa shape index (κ1) is 24.3. The number of hydrogen-bond acceptors (Lipinski definition) is 6. The second-order valence-corrected chi connectivity index (χ2v) is 10.3. The van der Waals surface area contributed by atoms with Crippen LogP contribution < -0.4 is 20.4 Å². The first-order chi connectivity index (χ1) is 17.0. The van der Waals surface area contributed by atoms with Gasteiger partial charge in [-0.1, -0.05) is 0 Å². The van der Waals surface area contributed by atoms with Gasteiger partial charge >= 0.3 is 0 Å². The first-order valence-electron chi connectivity index (χ1n) is 12.0. The summed E-state index contributed by atoms with van der Waals surface area (Å²) in [5, 5.41) is 6.89. The molecule has 2 saturated heterocycles. The lowest BCUT2D eigenvalue weighted by Gasteiger charge is -2.40. The van der Waals surface area contributed by atoms with Crippen LogP contribution in [0.1, 0.15) is 23.2 Å². The van der Waals surface area contributed by atoms with Crippen molar-refractivity contribution in [1.82, 2.24) is 24.1 Å². The maximum atomic E-state index is 15.0. The third-order valence-corrected chi connectivity index (χ3v) is 7.21. The molecule has 10 nitrogen and oxygen atoms in total. The van der Waals surface area contributed by atoms with Gasteiger partial charge in [0.25, 0.3) is 5.91 Å². The largest absolute Gasteiger partial charge is 0.381 e. The molecule has 0 radical (unpaired) electrons. The molecule has 5 heterocycles. The predicted octanol–water partition coefficient (Wildman–Crippen LogP) is 1.57. The van der Waals surface area contributed by atoms with Crippen LogP contribution in [0.3, 0.4) is 0 Å². The van der Waals surface area contributed by atoms with Gasteiger partial charge in [-0.2, -0.15) is 0 Å². The molecule has 0 aliphatic carbocycles. The van der Waals surface area contributed by atoms with E-state index in [-0.39, 0.29) is 65.2 Å². The van der Waals surface area contributed by atoms with E-state index >= 15 is 0 Å². The summed E-state index contributed by atoms with van der Waals surface area (Å²) in [5.74, 6) is -1.06. The van der Waals surface area contributed by atoms with Crippen LogP contribution >= 0.6 is 0 Å². The number of carbonyl (C=O) groups is 2. The van der Waals surface area contributed by atoms with E-state index in [9.17, 15) is 22.8 Å². The monoisotopic (exact) mass is 507 g/mol. The minimum atomic E-state index is -1.13. The zero-order chi connectivity index (χ0) is 25.8. The first-order valence-corrected chi connectivity index (χ1v) is 12.0. The molecule has 0 aromatic carbocycles. The second kappa shape index (κ2) is 8.95. The molecule has 13 heteroatoms. The standard InChI is InChI=1S/C23H29F3N8O2/c1-34(2)12-15(25)11-33-22(34)18(20(27)30-33)21(35)29-17-8-28-7-16(26)19(17)31-5-3-13(4-6-31)23(36)32-9-14(24)10-32/h7-8,13-15H,3-6,9-12H2,1-2H3,(H2-,27,29,30,35)/p+1. The van der Waals surface area contributed by atoms with Crippen molar-refractivity contribution in [2.24, 2.45) is 5.92 Å². The lowest BCUT2D eigenvalue weighted by molar-refractivity contribution is -0.143. The Balaban J connectivity index is 1.35. The Hall–Kier alpha value is -3.35. The summed E-state index contributed by atoms with van der Waals surface area (Å²) in [5.41, 5.74) is 6.52. The highest BCUT2D eigenvalue weighted by molar-refractivity contribution is 6.11. The Morgan fingerprint density at radius 2 is 1.81 bits per heavy atom. The van der Waals surface area contributed by atoms with Gasteiger partial charge in [0.1, 0.15) is 18.4 Å². The maximum Gasteiger partial charge on any atom is 0.267 e. The van der Waals surface area contributed by atoms with E-state index in [0.717, 1.165) is 6.20 Å². The number of nitrogen functional groups attached to an aromatic ring is 1. The lowest BCUT2D eigenvalue weighted by atomic mass is 9.93. The number of hydrogen-bond donors (Lipinski definition) is 2. The van der Waals surface area contributed by atoms with E-state index in [1.807, 2.05) is 0 Å². The number of halogens is 3. The SMILES string of the molecule is C[N+]1(C)CC(F)Cn2nc(N)c(C(=O)Nc3cncc(F)c3N3CCC(C(=O)N4CC(F)C4)CC3)c21. The Kier molecular flexibility index (Phi) is 6.05. The van der Waals surface area contributed by atoms with Gasteiger partial charge in [-0.15, -0.1) is 5.10 Å². The highest BCUT2D eigenvalue weighted by Gasteiger charge is 2.41. The number of quaternary nitrogens is 1. The van der Waals surface area contributed by atoms with Crippen LogP contribution in [-0.4, -0.2) is 90.6 Å².